The van der Waals surface area contributed by atoms with Crippen LogP contribution in [0.25, 0.3) is 22.4 Å². The summed E-state index contributed by atoms with van der Waals surface area (Å²) in [7, 11) is 0. The third-order valence-electron chi connectivity index (χ3n) is 3.51. The number of para-hydroxylation sites is 2. The molecule has 0 fully saturated rings. The molecule has 0 aliphatic heterocycles. The van der Waals surface area contributed by atoms with Crippen LogP contribution >= 0.6 is 0 Å². The summed E-state index contributed by atoms with van der Waals surface area (Å²) in [6.07, 6.45) is 0. The number of hydrogen-bond donors (Lipinski definition) is 0. The minimum Gasteiger partial charge on any atom is -0.408 e. The van der Waals surface area contributed by atoms with E-state index in [1.807, 2.05) is 54.6 Å². The molecule has 0 spiro atoms. The standard InChI is InChI=1S/C17H12N2O3/c20-17-19(14-8-4-5-9-15(14)21-17)11-13-10-16(22-18-13)12-6-2-1-3-7-12/h1-10H,11H2. The third kappa shape index (κ3) is 2.13. The average Bonchev–Trinajstić information content (AvgIpc) is 3.14. The fraction of sp³-hybridized carbons (Fsp3) is 0.0588. The highest BCUT2D eigenvalue weighted by Crippen LogP contribution is 2.21. The number of hydrogen-bond acceptors (Lipinski definition) is 4. The van der Waals surface area contributed by atoms with Crippen LogP contribution in [0.5, 0.6) is 0 Å². The molecule has 2 heterocycles. The second-order valence-electron chi connectivity index (χ2n) is 4.97. The van der Waals surface area contributed by atoms with Gasteiger partial charge in [-0.2, -0.15) is 0 Å². The molecule has 5 nitrogen and oxygen atoms in total. The monoisotopic (exact) mass is 292 g/mol. The van der Waals surface area contributed by atoms with Gasteiger partial charge in [-0.05, 0) is 12.1 Å². The van der Waals surface area contributed by atoms with Gasteiger partial charge in [0.15, 0.2) is 11.3 Å². The quantitative estimate of drug-likeness (QED) is 0.581. The van der Waals surface area contributed by atoms with Gasteiger partial charge in [-0.1, -0.05) is 47.6 Å². The van der Waals surface area contributed by atoms with Gasteiger partial charge in [0, 0.05) is 11.6 Å². The maximum absolute atomic E-state index is 12.0. The van der Waals surface area contributed by atoms with Gasteiger partial charge < -0.3 is 8.94 Å². The Morgan fingerprint density at radius 3 is 2.64 bits per heavy atom. The number of fused-ring (bicyclic) bond motifs is 1. The van der Waals surface area contributed by atoms with E-state index in [9.17, 15) is 4.79 Å². The van der Waals surface area contributed by atoms with Gasteiger partial charge in [-0.3, -0.25) is 4.57 Å². The molecular weight excluding hydrogens is 280 g/mol. The molecule has 0 aliphatic rings. The van der Waals surface area contributed by atoms with Crippen molar-refractivity contribution < 1.29 is 8.94 Å². The largest absolute Gasteiger partial charge is 0.420 e. The molecule has 4 rings (SSSR count). The number of aromatic nitrogens is 2. The highest BCUT2D eigenvalue weighted by Gasteiger charge is 2.12. The minimum absolute atomic E-state index is 0.312. The van der Waals surface area contributed by atoms with Crippen molar-refractivity contribution in [3.05, 3.63) is 76.9 Å². The molecule has 0 bridgehead atoms. The van der Waals surface area contributed by atoms with E-state index in [1.54, 1.807) is 10.6 Å². The average molecular weight is 292 g/mol. The Labute approximate surface area is 125 Å². The van der Waals surface area contributed by atoms with Crippen molar-refractivity contribution in [2.45, 2.75) is 6.54 Å². The second-order valence-corrected chi connectivity index (χ2v) is 4.97. The Hall–Kier alpha value is -3.08. The zero-order valence-corrected chi connectivity index (χ0v) is 11.6. The summed E-state index contributed by atoms with van der Waals surface area (Å²) in [5.41, 5.74) is 2.94. The molecule has 2 aromatic carbocycles. The molecule has 4 aromatic rings. The van der Waals surface area contributed by atoms with Crippen molar-refractivity contribution in [2.24, 2.45) is 0 Å². The zero-order valence-electron chi connectivity index (χ0n) is 11.6. The molecule has 0 N–H and O–H groups in total. The summed E-state index contributed by atoms with van der Waals surface area (Å²) in [5, 5.41) is 4.04. The second kappa shape index (κ2) is 5.04. The SMILES string of the molecule is O=c1oc2ccccc2n1Cc1cc(-c2ccccc2)on1. The van der Waals surface area contributed by atoms with Crippen LogP contribution in [0.3, 0.4) is 0 Å². The maximum atomic E-state index is 12.0. The van der Waals surface area contributed by atoms with Crippen LogP contribution in [0, 0.1) is 0 Å². The summed E-state index contributed by atoms with van der Waals surface area (Å²) in [6, 6.07) is 18.9. The minimum atomic E-state index is -0.398. The van der Waals surface area contributed by atoms with Crippen molar-refractivity contribution in [1.29, 1.82) is 0 Å². The fourth-order valence-electron chi connectivity index (χ4n) is 2.45. The van der Waals surface area contributed by atoms with Crippen LogP contribution < -0.4 is 5.76 Å². The van der Waals surface area contributed by atoms with E-state index in [0.29, 0.717) is 23.6 Å². The van der Waals surface area contributed by atoms with Crippen LogP contribution in [0.15, 0.2) is 74.4 Å². The Kier molecular flexibility index (Phi) is 2.89. The molecule has 2 aromatic heterocycles. The molecule has 0 radical (unpaired) electrons. The molecule has 0 saturated carbocycles. The van der Waals surface area contributed by atoms with Gasteiger partial charge in [0.1, 0.15) is 5.69 Å². The first-order valence-corrected chi connectivity index (χ1v) is 6.91. The lowest BCUT2D eigenvalue weighted by atomic mass is 10.1. The first-order valence-electron chi connectivity index (χ1n) is 6.91. The fourth-order valence-corrected chi connectivity index (χ4v) is 2.45. The van der Waals surface area contributed by atoms with E-state index < -0.39 is 5.76 Å². The first-order chi connectivity index (χ1) is 10.8. The Morgan fingerprint density at radius 2 is 1.77 bits per heavy atom. The smallest absolute Gasteiger partial charge is 0.408 e. The molecule has 5 heteroatoms. The summed E-state index contributed by atoms with van der Waals surface area (Å²) in [5.74, 6) is 0.280. The molecule has 22 heavy (non-hydrogen) atoms. The summed E-state index contributed by atoms with van der Waals surface area (Å²) >= 11 is 0. The normalized spacial score (nSPS) is 11.1. The summed E-state index contributed by atoms with van der Waals surface area (Å²) in [4.78, 5) is 12.0. The summed E-state index contributed by atoms with van der Waals surface area (Å²) < 4.78 is 12.1. The predicted molar refractivity (Wildman–Crippen MR) is 81.5 cm³/mol. The lowest BCUT2D eigenvalue weighted by molar-refractivity contribution is 0.419. The maximum Gasteiger partial charge on any atom is 0.420 e. The number of nitrogens with zero attached hydrogens (tertiary/aromatic N) is 2. The molecule has 0 amide bonds. The molecular formula is C17H12N2O3. The van der Waals surface area contributed by atoms with E-state index in [2.05, 4.69) is 5.16 Å². The van der Waals surface area contributed by atoms with Gasteiger partial charge in [0.05, 0.1) is 12.1 Å². The zero-order chi connectivity index (χ0) is 14.9. The Morgan fingerprint density at radius 1 is 1.00 bits per heavy atom. The van der Waals surface area contributed by atoms with Gasteiger partial charge in [0.2, 0.25) is 0 Å². The van der Waals surface area contributed by atoms with Crippen LogP contribution in [-0.2, 0) is 6.54 Å². The van der Waals surface area contributed by atoms with Gasteiger partial charge in [-0.15, -0.1) is 0 Å². The van der Waals surface area contributed by atoms with E-state index in [4.69, 9.17) is 8.94 Å². The topological polar surface area (TPSA) is 61.2 Å². The van der Waals surface area contributed by atoms with Crippen molar-refractivity contribution >= 4 is 11.1 Å². The van der Waals surface area contributed by atoms with Crippen molar-refractivity contribution in [3.8, 4) is 11.3 Å². The number of benzene rings is 2. The highest BCUT2D eigenvalue weighted by molar-refractivity contribution is 5.72. The molecule has 0 atom stereocenters. The van der Waals surface area contributed by atoms with Gasteiger partial charge >= 0.3 is 5.76 Å². The predicted octanol–water partition coefficient (Wildman–Crippen LogP) is 3.30. The molecule has 108 valence electrons. The Balaban J connectivity index is 1.71. The van der Waals surface area contributed by atoms with Crippen molar-refractivity contribution in [2.75, 3.05) is 0 Å². The highest BCUT2D eigenvalue weighted by atomic mass is 16.5. The van der Waals surface area contributed by atoms with E-state index in [1.165, 1.54) is 0 Å². The summed E-state index contributed by atoms with van der Waals surface area (Å²) in [6.45, 7) is 0.312. The molecule has 0 unspecified atom stereocenters. The number of oxazole rings is 1. The van der Waals surface area contributed by atoms with Crippen molar-refractivity contribution in [3.63, 3.8) is 0 Å². The van der Waals surface area contributed by atoms with Gasteiger partial charge in [0.25, 0.3) is 0 Å². The van der Waals surface area contributed by atoms with Crippen LogP contribution in [0.2, 0.25) is 0 Å². The van der Waals surface area contributed by atoms with Gasteiger partial charge in [-0.25, -0.2) is 4.79 Å². The van der Waals surface area contributed by atoms with Crippen LogP contribution in [0.4, 0.5) is 0 Å². The van der Waals surface area contributed by atoms with E-state index >= 15 is 0 Å². The molecule has 0 aliphatic carbocycles. The first kappa shape index (κ1) is 12.6. The van der Waals surface area contributed by atoms with Crippen LogP contribution in [0.1, 0.15) is 5.69 Å². The van der Waals surface area contributed by atoms with Crippen molar-refractivity contribution in [1.82, 2.24) is 9.72 Å². The lowest BCUT2D eigenvalue weighted by Gasteiger charge is -1.97. The third-order valence-corrected chi connectivity index (χ3v) is 3.51. The Bertz CT molecular complexity index is 980. The van der Waals surface area contributed by atoms with E-state index in [-0.39, 0.29) is 0 Å². The molecule has 0 saturated heterocycles. The lowest BCUT2D eigenvalue weighted by Crippen LogP contribution is -2.14. The number of rotatable bonds is 3. The van der Waals surface area contributed by atoms with Crippen LogP contribution in [-0.4, -0.2) is 9.72 Å². The van der Waals surface area contributed by atoms with E-state index in [0.717, 1.165) is 11.1 Å².